The number of aliphatic carboxylic acids is 1. The maximum Gasteiger partial charge on any atom is 0.319 e. The predicted molar refractivity (Wildman–Crippen MR) is 93.4 cm³/mol. The van der Waals surface area contributed by atoms with E-state index in [1.807, 2.05) is 11.8 Å². The molecule has 1 saturated carbocycles. The molecule has 1 aliphatic rings. The van der Waals surface area contributed by atoms with Crippen molar-refractivity contribution < 1.29 is 24.2 Å². The van der Waals surface area contributed by atoms with Crippen LogP contribution in [0, 0.1) is 0 Å². The lowest BCUT2D eigenvalue weighted by atomic mass is 9.85. The number of hydrogen-bond acceptors (Lipinski definition) is 5. The van der Waals surface area contributed by atoms with Gasteiger partial charge in [-0.1, -0.05) is 6.92 Å². The van der Waals surface area contributed by atoms with E-state index in [1.165, 1.54) is 0 Å². The second-order valence-electron chi connectivity index (χ2n) is 5.98. The van der Waals surface area contributed by atoms with Crippen molar-refractivity contribution in [2.75, 3.05) is 32.6 Å². The van der Waals surface area contributed by atoms with Crippen LogP contribution in [-0.2, 0) is 4.79 Å². The van der Waals surface area contributed by atoms with Crippen LogP contribution in [0.5, 0.6) is 11.5 Å². The minimum absolute atomic E-state index is 0.0314. The van der Waals surface area contributed by atoms with Crippen LogP contribution < -0.4 is 20.1 Å². The highest BCUT2D eigenvalue weighted by Gasteiger charge is 2.34. The number of nitrogens with one attached hydrogen (secondary N) is 2. The Hall–Kier alpha value is -2.48. The number of amides is 2. The molecule has 0 atom stereocenters. The van der Waals surface area contributed by atoms with E-state index in [4.69, 9.17) is 14.6 Å². The number of carbonyl (C=O) groups excluding carboxylic acids is 1. The van der Waals surface area contributed by atoms with Crippen LogP contribution in [0.1, 0.15) is 19.8 Å². The maximum absolute atomic E-state index is 12.1. The number of urea groups is 1. The summed E-state index contributed by atoms with van der Waals surface area (Å²) >= 11 is 0. The second-order valence-corrected chi connectivity index (χ2v) is 5.98. The van der Waals surface area contributed by atoms with Crippen LogP contribution in [0.4, 0.5) is 10.5 Å². The Morgan fingerprint density at radius 3 is 2.28 bits per heavy atom. The summed E-state index contributed by atoms with van der Waals surface area (Å²) in [6.45, 7) is 2.65. The number of anilines is 1. The first-order valence-corrected chi connectivity index (χ1v) is 8.21. The Morgan fingerprint density at radius 2 is 1.80 bits per heavy atom. The smallest absolute Gasteiger partial charge is 0.319 e. The van der Waals surface area contributed by atoms with Gasteiger partial charge in [-0.3, -0.25) is 9.69 Å². The van der Waals surface area contributed by atoms with Gasteiger partial charge in [0.05, 0.1) is 20.8 Å². The van der Waals surface area contributed by atoms with E-state index in [9.17, 15) is 9.59 Å². The summed E-state index contributed by atoms with van der Waals surface area (Å²) in [6, 6.07) is 5.07. The fourth-order valence-electron chi connectivity index (χ4n) is 2.91. The van der Waals surface area contributed by atoms with Crippen molar-refractivity contribution in [3.8, 4) is 11.5 Å². The number of benzene rings is 1. The summed E-state index contributed by atoms with van der Waals surface area (Å²) in [6.07, 6.45) is 1.49. The Bertz CT molecular complexity index is 594. The zero-order valence-electron chi connectivity index (χ0n) is 14.7. The van der Waals surface area contributed by atoms with Crippen molar-refractivity contribution in [2.45, 2.75) is 31.8 Å². The molecule has 1 aromatic carbocycles. The largest absolute Gasteiger partial charge is 0.497 e. The molecule has 2 rings (SSSR count). The molecule has 8 heteroatoms. The quantitative estimate of drug-likeness (QED) is 0.660. The van der Waals surface area contributed by atoms with Crippen molar-refractivity contribution in [1.82, 2.24) is 10.2 Å². The molecule has 8 nitrogen and oxygen atoms in total. The molecule has 138 valence electrons. The Labute approximate surface area is 147 Å². The fourth-order valence-corrected chi connectivity index (χ4v) is 2.91. The van der Waals surface area contributed by atoms with E-state index in [-0.39, 0.29) is 24.7 Å². The molecule has 0 bridgehead atoms. The number of rotatable bonds is 8. The normalized spacial score (nSPS) is 19.0. The van der Waals surface area contributed by atoms with Gasteiger partial charge in [0.25, 0.3) is 0 Å². The van der Waals surface area contributed by atoms with Crippen LogP contribution in [0.3, 0.4) is 0 Å². The highest BCUT2D eigenvalue weighted by Crippen LogP contribution is 2.27. The number of nitrogens with zero attached hydrogens (tertiary/aromatic N) is 1. The summed E-state index contributed by atoms with van der Waals surface area (Å²) in [4.78, 5) is 24.9. The van der Waals surface area contributed by atoms with Crippen LogP contribution in [0.15, 0.2) is 18.2 Å². The summed E-state index contributed by atoms with van der Waals surface area (Å²) in [5, 5.41) is 14.6. The average molecular weight is 351 g/mol. The lowest BCUT2D eigenvalue weighted by molar-refractivity contribution is -0.139. The first-order valence-electron chi connectivity index (χ1n) is 8.21. The minimum atomic E-state index is -0.831. The van der Waals surface area contributed by atoms with E-state index in [0.29, 0.717) is 23.7 Å². The predicted octanol–water partition coefficient (Wildman–Crippen LogP) is 1.76. The van der Waals surface area contributed by atoms with Crippen LogP contribution in [-0.4, -0.2) is 61.4 Å². The number of ether oxygens (including phenoxy) is 2. The van der Waals surface area contributed by atoms with E-state index < -0.39 is 5.97 Å². The van der Waals surface area contributed by atoms with Crippen molar-refractivity contribution in [3.63, 3.8) is 0 Å². The first-order chi connectivity index (χ1) is 11.9. The third kappa shape index (κ3) is 5.25. The molecule has 1 aliphatic carbocycles. The zero-order chi connectivity index (χ0) is 18.4. The van der Waals surface area contributed by atoms with E-state index in [2.05, 4.69) is 10.6 Å². The molecule has 0 saturated heterocycles. The van der Waals surface area contributed by atoms with Gasteiger partial charge in [-0.15, -0.1) is 0 Å². The van der Waals surface area contributed by atoms with E-state index in [0.717, 1.165) is 12.8 Å². The standard InChI is InChI=1S/C17H25N3O5/c1-4-20(10-16(21)22)13-5-11(6-13)18-17(23)19-12-7-14(24-2)9-15(8-12)25-3/h7-9,11,13H,4-6,10H2,1-3H3,(H,21,22)(H2,18,19,23). The molecule has 3 N–H and O–H groups in total. The Morgan fingerprint density at radius 1 is 1.20 bits per heavy atom. The minimum Gasteiger partial charge on any atom is -0.497 e. The van der Waals surface area contributed by atoms with Crippen molar-refractivity contribution in [3.05, 3.63) is 18.2 Å². The number of likely N-dealkylation sites (N-methyl/N-ethyl adjacent to an activating group) is 1. The van der Waals surface area contributed by atoms with Crippen molar-refractivity contribution >= 4 is 17.7 Å². The number of carboxylic acid groups (broad SMARTS) is 1. The Balaban J connectivity index is 1.83. The van der Waals surface area contributed by atoms with Gasteiger partial charge in [0, 0.05) is 36.0 Å². The number of methoxy groups -OCH3 is 2. The second kappa shape index (κ2) is 8.57. The third-order valence-corrected chi connectivity index (χ3v) is 4.32. The summed E-state index contributed by atoms with van der Waals surface area (Å²) in [5.74, 6) is 0.346. The van der Waals surface area contributed by atoms with Crippen molar-refractivity contribution in [1.29, 1.82) is 0 Å². The van der Waals surface area contributed by atoms with E-state index >= 15 is 0 Å². The molecule has 2 amide bonds. The molecule has 1 fully saturated rings. The van der Waals surface area contributed by atoms with Gasteiger partial charge >= 0.3 is 12.0 Å². The lowest BCUT2D eigenvalue weighted by Gasteiger charge is -2.42. The third-order valence-electron chi connectivity index (χ3n) is 4.32. The highest BCUT2D eigenvalue weighted by atomic mass is 16.5. The molecule has 0 aromatic heterocycles. The van der Waals surface area contributed by atoms with Gasteiger partial charge in [0.15, 0.2) is 0 Å². The molecule has 0 radical (unpaired) electrons. The molecule has 0 spiro atoms. The summed E-state index contributed by atoms with van der Waals surface area (Å²) in [5.41, 5.74) is 0.575. The zero-order valence-corrected chi connectivity index (χ0v) is 14.7. The number of carboxylic acids is 1. The van der Waals surface area contributed by atoms with Gasteiger partial charge in [0.1, 0.15) is 11.5 Å². The molecule has 25 heavy (non-hydrogen) atoms. The monoisotopic (exact) mass is 351 g/mol. The van der Waals surface area contributed by atoms with Gasteiger partial charge in [-0.2, -0.15) is 0 Å². The molecule has 0 aliphatic heterocycles. The molecule has 0 unspecified atom stereocenters. The van der Waals surface area contributed by atoms with Crippen LogP contribution in [0.25, 0.3) is 0 Å². The maximum atomic E-state index is 12.1. The molecule has 1 aromatic rings. The fraction of sp³-hybridized carbons (Fsp3) is 0.529. The van der Waals surface area contributed by atoms with Crippen LogP contribution >= 0.6 is 0 Å². The Kier molecular flexibility index (Phi) is 6.46. The molecular formula is C17H25N3O5. The topological polar surface area (TPSA) is 100 Å². The summed E-state index contributed by atoms with van der Waals surface area (Å²) < 4.78 is 10.3. The SMILES string of the molecule is CCN(CC(=O)O)C1CC(NC(=O)Nc2cc(OC)cc(OC)c2)C1. The van der Waals surface area contributed by atoms with E-state index in [1.54, 1.807) is 32.4 Å². The van der Waals surface area contributed by atoms with Crippen molar-refractivity contribution in [2.24, 2.45) is 0 Å². The average Bonchev–Trinajstić information content (AvgIpc) is 2.55. The molecule has 0 heterocycles. The van der Waals surface area contributed by atoms with Gasteiger partial charge in [-0.05, 0) is 19.4 Å². The summed E-state index contributed by atoms with van der Waals surface area (Å²) in [7, 11) is 3.09. The molecular weight excluding hydrogens is 326 g/mol. The lowest BCUT2D eigenvalue weighted by Crippen LogP contribution is -2.55. The highest BCUT2D eigenvalue weighted by molar-refractivity contribution is 5.90. The first kappa shape index (κ1) is 18.9. The van der Waals surface area contributed by atoms with Gasteiger partial charge in [-0.25, -0.2) is 4.79 Å². The van der Waals surface area contributed by atoms with Gasteiger partial charge < -0.3 is 25.2 Å². The number of hydrogen-bond donors (Lipinski definition) is 3. The van der Waals surface area contributed by atoms with Gasteiger partial charge in [0.2, 0.25) is 0 Å². The number of carbonyl (C=O) groups is 2. The van der Waals surface area contributed by atoms with Crippen LogP contribution in [0.2, 0.25) is 0 Å².